The van der Waals surface area contributed by atoms with Gasteiger partial charge in [-0.2, -0.15) is 0 Å². The van der Waals surface area contributed by atoms with Gasteiger partial charge in [0.25, 0.3) is 0 Å². The lowest BCUT2D eigenvalue weighted by Gasteiger charge is -1.96. The van der Waals surface area contributed by atoms with E-state index in [2.05, 4.69) is 5.48 Å². The number of hydroxylamine groups is 1. The molecular weight excluding hydrogens is 92.1 g/mol. The maximum atomic E-state index is 5.31. The van der Waals surface area contributed by atoms with Crippen LogP contribution >= 0.6 is 0 Å². The zero-order chi connectivity index (χ0) is 5.28. The topological polar surface area (TPSA) is 47.3 Å². The maximum Gasteiger partial charge on any atom is 0.120 e. The third-order valence-electron chi connectivity index (χ3n) is 0.770. The molecule has 40 valence electrons. The molecule has 3 heteroatoms. The molecule has 1 atom stereocenters. The fraction of sp³-hybridized carbons (Fsp3) is 0.500. The highest BCUT2D eigenvalue weighted by molar-refractivity contribution is 4.98. The van der Waals surface area contributed by atoms with Crippen molar-refractivity contribution in [3.63, 3.8) is 0 Å². The minimum atomic E-state index is -0.111. The van der Waals surface area contributed by atoms with Crippen LogP contribution in [-0.4, -0.2) is 6.17 Å². The summed E-state index contributed by atoms with van der Waals surface area (Å²) in [5, 5.41) is 0. The van der Waals surface area contributed by atoms with E-state index >= 15 is 0 Å². The van der Waals surface area contributed by atoms with Crippen LogP contribution in [0.3, 0.4) is 0 Å². The second-order valence-electron chi connectivity index (χ2n) is 1.52. The molecule has 1 unspecified atom stereocenters. The molecule has 7 heavy (non-hydrogen) atoms. The maximum absolute atomic E-state index is 5.31. The zero-order valence-corrected chi connectivity index (χ0v) is 4.14. The molecule has 3 nitrogen and oxygen atoms in total. The molecule has 0 fully saturated rings. The highest BCUT2D eigenvalue weighted by Gasteiger charge is 2.05. The van der Waals surface area contributed by atoms with Crippen molar-refractivity contribution in [3.8, 4) is 0 Å². The van der Waals surface area contributed by atoms with Crippen LogP contribution in [0.4, 0.5) is 0 Å². The van der Waals surface area contributed by atoms with Gasteiger partial charge in [0.2, 0.25) is 0 Å². The van der Waals surface area contributed by atoms with Crippen molar-refractivity contribution in [2.45, 2.75) is 13.1 Å². The Morgan fingerprint density at radius 1 is 2.00 bits per heavy atom. The first-order valence-electron chi connectivity index (χ1n) is 2.15. The third kappa shape index (κ3) is 0.913. The van der Waals surface area contributed by atoms with Crippen molar-refractivity contribution in [1.29, 1.82) is 0 Å². The van der Waals surface area contributed by atoms with E-state index in [-0.39, 0.29) is 6.17 Å². The van der Waals surface area contributed by atoms with E-state index in [4.69, 9.17) is 10.6 Å². The normalized spacial score (nSPS) is 29.4. The largest absolute Gasteiger partial charge is 0.412 e. The molecule has 0 aromatic carbocycles. The monoisotopic (exact) mass is 100 g/mol. The SMILES string of the molecule is CC1=CC(N)NO1. The van der Waals surface area contributed by atoms with E-state index in [9.17, 15) is 0 Å². The molecule has 0 saturated carbocycles. The fourth-order valence-electron chi connectivity index (χ4n) is 0.482. The Balaban J connectivity index is 2.50. The Morgan fingerprint density at radius 3 is 2.86 bits per heavy atom. The van der Waals surface area contributed by atoms with Crippen LogP contribution in [0.2, 0.25) is 0 Å². The van der Waals surface area contributed by atoms with Crippen LogP contribution in [0.25, 0.3) is 0 Å². The molecule has 0 bridgehead atoms. The number of hydrogen-bond donors (Lipinski definition) is 2. The van der Waals surface area contributed by atoms with Crippen molar-refractivity contribution in [2.24, 2.45) is 5.73 Å². The fourth-order valence-corrected chi connectivity index (χ4v) is 0.482. The Hall–Kier alpha value is -0.540. The third-order valence-corrected chi connectivity index (χ3v) is 0.770. The highest BCUT2D eigenvalue weighted by Crippen LogP contribution is 1.99. The van der Waals surface area contributed by atoms with Gasteiger partial charge in [-0.1, -0.05) is 0 Å². The first-order valence-corrected chi connectivity index (χ1v) is 2.15. The van der Waals surface area contributed by atoms with E-state index in [0.717, 1.165) is 5.76 Å². The Bertz CT molecular complexity index is 99.9. The number of nitrogens with one attached hydrogen (secondary N) is 1. The first kappa shape index (κ1) is 4.61. The smallest absolute Gasteiger partial charge is 0.120 e. The molecule has 0 aromatic rings. The minimum Gasteiger partial charge on any atom is -0.412 e. The number of allylic oxidation sites excluding steroid dienone is 1. The Labute approximate surface area is 42.1 Å². The van der Waals surface area contributed by atoms with Gasteiger partial charge < -0.3 is 10.6 Å². The van der Waals surface area contributed by atoms with Gasteiger partial charge in [0, 0.05) is 0 Å². The molecule has 3 N–H and O–H groups in total. The van der Waals surface area contributed by atoms with Gasteiger partial charge in [0.05, 0.1) is 0 Å². The Morgan fingerprint density at radius 2 is 2.71 bits per heavy atom. The summed E-state index contributed by atoms with van der Waals surface area (Å²) in [5.41, 5.74) is 7.87. The summed E-state index contributed by atoms with van der Waals surface area (Å²) in [4.78, 5) is 4.75. The molecule has 0 aromatic heterocycles. The molecular formula is C4H8N2O. The average Bonchev–Trinajstić information content (AvgIpc) is 1.87. The number of rotatable bonds is 0. The van der Waals surface area contributed by atoms with Crippen LogP contribution < -0.4 is 11.2 Å². The molecule has 1 aliphatic heterocycles. The van der Waals surface area contributed by atoms with Gasteiger partial charge in [-0.05, 0) is 13.0 Å². The molecule has 1 heterocycles. The molecule has 0 aliphatic carbocycles. The number of hydrogen-bond acceptors (Lipinski definition) is 3. The van der Waals surface area contributed by atoms with E-state index in [0.29, 0.717) is 0 Å². The molecule has 1 aliphatic rings. The number of nitrogens with two attached hydrogens (primary N) is 1. The van der Waals surface area contributed by atoms with Crippen LogP contribution in [-0.2, 0) is 4.84 Å². The summed E-state index contributed by atoms with van der Waals surface area (Å²) < 4.78 is 0. The van der Waals surface area contributed by atoms with Gasteiger partial charge in [-0.15, -0.1) is 5.48 Å². The summed E-state index contributed by atoms with van der Waals surface area (Å²) in [7, 11) is 0. The predicted molar refractivity (Wildman–Crippen MR) is 26.0 cm³/mol. The predicted octanol–water partition coefficient (Wildman–Crippen LogP) is -0.290. The summed E-state index contributed by atoms with van der Waals surface area (Å²) in [6.07, 6.45) is 1.69. The van der Waals surface area contributed by atoms with Gasteiger partial charge in [-0.3, -0.25) is 0 Å². The van der Waals surface area contributed by atoms with Gasteiger partial charge >= 0.3 is 0 Å². The lowest BCUT2D eigenvalue weighted by atomic mass is 10.4. The van der Waals surface area contributed by atoms with E-state index in [1.807, 2.05) is 6.92 Å². The van der Waals surface area contributed by atoms with Crippen molar-refractivity contribution in [2.75, 3.05) is 0 Å². The van der Waals surface area contributed by atoms with Gasteiger partial charge in [-0.25, -0.2) is 0 Å². The van der Waals surface area contributed by atoms with E-state index in [1.54, 1.807) is 6.08 Å². The molecule has 0 saturated heterocycles. The van der Waals surface area contributed by atoms with Crippen LogP contribution in [0.15, 0.2) is 11.8 Å². The van der Waals surface area contributed by atoms with Crippen molar-refractivity contribution >= 4 is 0 Å². The van der Waals surface area contributed by atoms with Crippen molar-refractivity contribution in [3.05, 3.63) is 11.8 Å². The average molecular weight is 100 g/mol. The molecule has 0 amide bonds. The lowest BCUT2D eigenvalue weighted by molar-refractivity contribution is 0.119. The van der Waals surface area contributed by atoms with Crippen LogP contribution in [0.1, 0.15) is 6.92 Å². The van der Waals surface area contributed by atoms with Gasteiger partial charge in [0.1, 0.15) is 11.9 Å². The molecule has 0 radical (unpaired) electrons. The second kappa shape index (κ2) is 1.52. The quantitative estimate of drug-likeness (QED) is 0.439. The van der Waals surface area contributed by atoms with E-state index < -0.39 is 0 Å². The molecule has 0 spiro atoms. The van der Waals surface area contributed by atoms with Gasteiger partial charge in [0.15, 0.2) is 0 Å². The van der Waals surface area contributed by atoms with Crippen molar-refractivity contribution < 1.29 is 4.84 Å². The summed E-state index contributed by atoms with van der Waals surface area (Å²) in [5.74, 6) is 0.840. The highest BCUT2D eigenvalue weighted by atomic mass is 16.7. The Kier molecular flexibility index (Phi) is 1.00. The van der Waals surface area contributed by atoms with E-state index in [1.165, 1.54) is 0 Å². The summed E-state index contributed by atoms with van der Waals surface area (Å²) >= 11 is 0. The second-order valence-corrected chi connectivity index (χ2v) is 1.52. The standard InChI is InChI=1S/C4H8N2O/c1-3-2-4(5)6-7-3/h2,4,6H,5H2,1H3. The lowest BCUT2D eigenvalue weighted by Crippen LogP contribution is -2.29. The van der Waals surface area contributed by atoms with Crippen LogP contribution in [0.5, 0.6) is 0 Å². The minimum absolute atomic E-state index is 0.111. The zero-order valence-electron chi connectivity index (χ0n) is 4.14. The summed E-state index contributed by atoms with van der Waals surface area (Å²) in [6.45, 7) is 1.85. The van der Waals surface area contributed by atoms with Crippen molar-refractivity contribution in [1.82, 2.24) is 5.48 Å². The summed E-state index contributed by atoms with van der Waals surface area (Å²) in [6, 6.07) is 0. The van der Waals surface area contributed by atoms with Crippen LogP contribution in [0, 0.1) is 0 Å². The molecule has 1 rings (SSSR count). The first-order chi connectivity index (χ1) is 3.29.